The van der Waals surface area contributed by atoms with E-state index in [-0.39, 0.29) is 30.7 Å². The van der Waals surface area contributed by atoms with Crippen molar-refractivity contribution in [3.05, 3.63) is 45.8 Å². The Hall–Kier alpha value is -1.95. The molecule has 6 nitrogen and oxygen atoms in total. The van der Waals surface area contributed by atoms with E-state index in [4.69, 9.17) is 9.05 Å². The Morgan fingerprint density at radius 1 is 1.12 bits per heavy atom. The van der Waals surface area contributed by atoms with Crippen LogP contribution in [0.2, 0.25) is 0 Å². The molecule has 1 N–H and O–H groups in total. The Kier molecular flexibility index (Phi) is 9.52. The summed E-state index contributed by atoms with van der Waals surface area (Å²) in [4.78, 5) is 13.3. The van der Waals surface area contributed by atoms with E-state index < -0.39 is 13.4 Å². The number of pyridine rings is 1. The minimum atomic E-state index is -3.47. The molecule has 1 heterocycles. The van der Waals surface area contributed by atoms with Crippen molar-refractivity contribution in [2.24, 2.45) is 0 Å². The number of aromatic nitrogens is 1. The monoisotopic (exact) mass is 492 g/mol. The summed E-state index contributed by atoms with van der Waals surface area (Å²) in [6.07, 6.45) is 10.6. The molecule has 2 aromatic rings. The minimum absolute atomic E-state index is 0.133. The van der Waals surface area contributed by atoms with Crippen LogP contribution in [0.4, 0.5) is 10.1 Å². The topological polar surface area (TPSA) is 69.6 Å². The lowest BCUT2D eigenvalue weighted by atomic mass is 9.95. The molecule has 8 heteroatoms. The average Bonchev–Trinajstić information content (AvgIpc) is 2.82. The number of nitrogens with zero attached hydrogens (tertiary/aromatic N) is 1. The molecule has 0 saturated heterocycles. The molecule has 0 atom stereocenters. The van der Waals surface area contributed by atoms with Crippen molar-refractivity contribution in [1.82, 2.24) is 4.57 Å². The van der Waals surface area contributed by atoms with Crippen LogP contribution in [0.5, 0.6) is 0 Å². The van der Waals surface area contributed by atoms with Gasteiger partial charge in [-0.1, -0.05) is 33.1 Å². The lowest BCUT2D eigenvalue weighted by molar-refractivity contribution is 0.229. The molecule has 1 fully saturated rings. The molecule has 3 rings (SSSR count). The molecule has 0 amide bonds. The van der Waals surface area contributed by atoms with Crippen molar-refractivity contribution in [3.8, 4) is 0 Å². The molecule has 1 aliphatic rings. The van der Waals surface area contributed by atoms with Crippen LogP contribution in [0.1, 0.15) is 84.2 Å². The third-order valence-electron chi connectivity index (χ3n) is 6.50. The van der Waals surface area contributed by atoms with Crippen LogP contribution in [0.3, 0.4) is 0 Å². The van der Waals surface area contributed by atoms with Gasteiger partial charge >= 0.3 is 7.60 Å². The Morgan fingerprint density at radius 2 is 1.76 bits per heavy atom. The highest BCUT2D eigenvalue weighted by molar-refractivity contribution is 7.57. The summed E-state index contributed by atoms with van der Waals surface area (Å²) in [6, 6.07) is 3.50. The van der Waals surface area contributed by atoms with E-state index in [0.29, 0.717) is 22.2 Å². The molecule has 1 aromatic carbocycles. The summed E-state index contributed by atoms with van der Waals surface area (Å²) in [6.45, 7) is 8.10. The molecular weight excluding hydrogens is 454 g/mol. The zero-order chi connectivity index (χ0) is 24.7. The Morgan fingerprint density at radius 3 is 2.35 bits per heavy atom. The van der Waals surface area contributed by atoms with Crippen molar-refractivity contribution < 1.29 is 18.0 Å². The highest BCUT2D eigenvalue weighted by atomic mass is 31.2. The second-order valence-electron chi connectivity index (χ2n) is 8.81. The maximum atomic E-state index is 15.1. The normalized spacial score (nSPS) is 15.6. The minimum Gasteiger partial charge on any atom is -0.380 e. The van der Waals surface area contributed by atoms with Gasteiger partial charge in [0.2, 0.25) is 0 Å². The van der Waals surface area contributed by atoms with Crippen molar-refractivity contribution >= 4 is 30.3 Å². The highest BCUT2D eigenvalue weighted by Gasteiger charge is 2.21. The Balaban J connectivity index is 2.12. The van der Waals surface area contributed by atoms with Gasteiger partial charge in [-0.05, 0) is 57.7 Å². The van der Waals surface area contributed by atoms with Crippen molar-refractivity contribution in [1.29, 1.82) is 0 Å². The lowest BCUT2D eigenvalue weighted by Gasteiger charge is -2.25. The second-order valence-corrected chi connectivity index (χ2v) is 10.7. The van der Waals surface area contributed by atoms with Gasteiger partial charge in [0.05, 0.1) is 24.4 Å². The van der Waals surface area contributed by atoms with E-state index in [1.807, 2.05) is 4.57 Å². The van der Waals surface area contributed by atoms with Crippen molar-refractivity contribution in [2.45, 2.75) is 84.7 Å². The number of nitrogens with one attached hydrogen (secondary N) is 1. The summed E-state index contributed by atoms with van der Waals surface area (Å²) in [5, 5.41) is 3.69. The van der Waals surface area contributed by atoms with Gasteiger partial charge in [-0.15, -0.1) is 0 Å². The molecule has 34 heavy (non-hydrogen) atoms. The zero-order valence-electron chi connectivity index (χ0n) is 20.8. The molecule has 0 unspecified atom stereocenters. The van der Waals surface area contributed by atoms with Crippen LogP contribution < -0.4 is 10.7 Å². The number of anilines is 1. The summed E-state index contributed by atoms with van der Waals surface area (Å²) in [7, 11) is -3.47. The van der Waals surface area contributed by atoms with Gasteiger partial charge in [0.1, 0.15) is 5.82 Å². The summed E-state index contributed by atoms with van der Waals surface area (Å²) in [5.74, 6) is 0.900. The highest BCUT2D eigenvalue weighted by Crippen LogP contribution is 2.50. The van der Waals surface area contributed by atoms with Crippen LogP contribution in [0.25, 0.3) is 17.0 Å². The molecular formula is C26H38FN2O4P. The third kappa shape index (κ3) is 6.18. The third-order valence-corrected chi connectivity index (χ3v) is 8.25. The predicted molar refractivity (Wildman–Crippen MR) is 138 cm³/mol. The van der Waals surface area contributed by atoms with Crippen LogP contribution in [0.15, 0.2) is 28.9 Å². The number of rotatable bonds is 11. The number of benzene rings is 1. The SMILES string of the molecule is CCOP(=O)(/C=C/c1cn(C(CC)CC)c2cc(NC3CCCCC3)c(F)cc2c1=O)OCC. The molecule has 0 spiro atoms. The van der Waals surface area contributed by atoms with Gasteiger partial charge in [-0.25, -0.2) is 4.39 Å². The Bertz CT molecular complexity index is 1090. The first-order valence-corrected chi connectivity index (χ1v) is 14.2. The largest absolute Gasteiger partial charge is 0.380 e. The quantitative estimate of drug-likeness (QED) is 0.329. The van der Waals surface area contributed by atoms with Gasteiger partial charge in [0.25, 0.3) is 0 Å². The first kappa shape index (κ1) is 26.7. The van der Waals surface area contributed by atoms with Gasteiger partial charge in [-0.3, -0.25) is 9.36 Å². The number of hydrogen-bond acceptors (Lipinski definition) is 5. The van der Waals surface area contributed by atoms with E-state index in [1.54, 1.807) is 26.1 Å². The number of halogens is 1. The molecule has 1 aromatic heterocycles. The molecule has 0 aliphatic heterocycles. The fourth-order valence-corrected chi connectivity index (χ4v) is 6.04. The molecule has 1 aliphatic carbocycles. The predicted octanol–water partition coefficient (Wildman–Crippen LogP) is 7.48. The molecule has 0 bridgehead atoms. The lowest BCUT2D eigenvalue weighted by Crippen LogP contribution is -2.23. The Labute approximate surface area is 202 Å². The fourth-order valence-electron chi connectivity index (χ4n) is 4.73. The summed E-state index contributed by atoms with van der Waals surface area (Å²) < 4.78 is 40.7. The van der Waals surface area contributed by atoms with Gasteiger partial charge in [-0.2, -0.15) is 0 Å². The van der Waals surface area contributed by atoms with Gasteiger partial charge in [0.15, 0.2) is 5.43 Å². The number of hydrogen-bond donors (Lipinski definition) is 1. The fraction of sp³-hybridized carbons (Fsp3) is 0.577. The van der Waals surface area contributed by atoms with E-state index in [0.717, 1.165) is 38.5 Å². The second kappa shape index (κ2) is 12.1. The molecule has 0 radical (unpaired) electrons. The van der Waals surface area contributed by atoms with Crippen LogP contribution in [-0.2, 0) is 13.6 Å². The van der Waals surface area contributed by atoms with Crippen LogP contribution in [0, 0.1) is 5.82 Å². The maximum Gasteiger partial charge on any atom is 0.354 e. The van der Waals surface area contributed by atoms with Crippen molar-refractivity contribution in [3.63, 3.8) is 0 Å². The van der Waals surface area contributed by atoms with Crippen LogP contribution >= 0.6 is 7.60 Å². The standard InChI is InChI=1S/C26H38FN2O4P/c1-5-21(6-2)29-18-19(14-15-34(31,32-7-3)33-8-4)26(30)22-16-23(27)24(17-25(22)29)28-20-12-10-9-11-13-20/h14-18,20-21,28H,5-13H2,1-4H3/b15-14+. The van der Waals surface area contributed by atoms with E-state index in [2.05, 4.69) is 19.2 Å². The van der Waals surface area contributed by atoms with Crippen LogP contribution in [-0.4, -0.2) is 23.8 Å². The van der Waals surface area contributed by atoms with E-state index in [1.165, 1.54) is 24.4 Å². The van der Waals surface area contributed by atoms with E-state index in [9.17, 15) is 9.36 Å². The smallest absolute Gasteiger partial charge is 0.354 e. The molecule has 1 saturated carbocycles. The molecule has 188 valence electrons. The van der Waals surface area contributed by atoms with Gasteiger partial charge in [0, 0.05) is 35.0 Å². The van der Waals surface area contributed by atoms with Gasteiger partial charge < -0.3 is 18.9 Å². The maximum absolute atomic E-state index is 15.1. The first-order valence-electron chi connectivity index (χ1n) is 12.6. The van der Waals surface area contributed by atoms with E-state index >= 15 is 4.39 Å². The number of fused-ring (bicyclic) bond motifs is 1. The zero-order valence-corrected chi connectivity index (χ0v) is 21.7. The summed E-state index contributed by atoms with van der Waals surface area (Å²) >= 11 is 0. The van der Waals surface area contributed by atoms with Crippen molar-refractivity contribution in [2.75, 3.05) is 18.5 Å². The summed E-state index contributed by atoms with van der Waals surface area (Å²) in [5.41, 5.74) is 1.16. The average molecular weight is 493 g/mol. The first-order chi connectivity index (χ1) is 16.4.